The van der Waals surface area contributed by atoms with Gasteiger partial charge in [-0.3, -0.25) is 0 Å². The van der Waals surface area contributed by atoms with Gasteiger partial charge >= 0.3 is 0 Å². The van der Waals surface area contributed by atoms with E-state index in [1.165, 1.54) is 11.3 Å². The lowest BCUT2D eigenvalue weighted by Crippen LogP contribution is -2.42. The zero-order valence-electron chi connectivity index (χ0n) is 11.2. The van der Waals surface area contributed by atoms with Gasteiger partial charge in [0.25, 0.3) is 0 Å². The third-order valence-corrected chi connectivity index (χ3v) is 4.48. The first-order valence-corrected chi connectivity index (χ1v) is 7.19. The van der Waals surface area contributed by atoms with Gasteiger partial charge in [-0.2, -0.15) is 0 Å². The van der Waals surface area contributed by atoms with Crippen LogP contribution in [-0.2, 0) is 0 Å². The van der Waals surface area contributed by atoms with Gasteiger partial charge in [0.1, 0.15) is 5.82 Å². The fourth-order valence-electron chi connectivity index (χ4n) is 3.60. The molecule has 3 heteroatoms. The Labute approximate surface area is 118 Å². The summed E-state index contributed by atoms with van der Waals surface area (Å²) in [6, 6.07) is 15.9. The van der Waals surface area contributed by atoms with Crippen LogP contribution in [0, 0.1) is 5.82 Å². The number of nitrogens with one attached hydrogen (secondary N) is 1. The first kappa shape index (κ1) is 11.9. The van der Waals surface area contributed by atoms with Crippen molar-refractivity contribution in [3.05, 3.63) is 59.9 Å². The molecule has 0 bridgehead atoms. The van der Waals surface area contributed by atoms with Crippen molar-refractivity contribution in [2.75, 3.05) is 18.0 Å². The molecule has 0 radical (unpaired) electrons. The average molecular weight is 268 g/mol. The Balaban J connectivity index is 1.83. The minimum atomic E-state index is -0.178. The summed E-state index contributed by atoms with van der Waals surface area (Å²) < 4.78 is 13.2. The number of piperidine rings is 1. The number of anilines is 2. The van der Waals surface area contributed by atoms with E-state index in [0.29, 0.717) is 12.0 Å². The molecule has 2 aromatic carbocycles. The molecule has 0 aliphatic carbocycles. The molecule has 2 nitrogen and oxygen atoms in total. The van der Waals surface area contributed by atoms with Gasteiger partial charge in [-0.1, -0.05) is 18.2 Å². The Morgan fingerprint density at radius 1 is 1.05 bits per heavy atom. The fraction of sp³-hybridized carbons (Fsp3) is 0.294. The number of nitrogens with zero attached hydrogens (tertiary/aromatic N) is 1. The summed E-state index contributed by atoms with van der Waals surface area (Å²) >= 11 is 0. The Morgan fingerprint density at radius 3 is 2.70 bits per heavy atom. The molecule has 0 saturated carbocycles. The van der Waals surface area contributed by atoms with Crippen LogP contribution in [0.5, 0.6) is 0 Å². The lowest BCUT2D eigenvalue weighted by Gasteiger charge is -2.34. The quantitative estimate of drug-likeness (QED) is 0.852. The van der Waals surface area contributed by atoms with Gasteiger partial charge in [-0.25, -0.2) is 4.39 Å². The molecule has 2 aliphatic rings. The zero-order valence-corrected chi connectivity index (χ0v) is 11.2. The minimum Gasteiger partial charge on any atom is -0.337 e. The van der Waals surface area contributed by atoms with Crippen molar-refractivity contribution < 1.29 is 4.39 Å². The SMILES string of the molecule is Fc1ccc(N2c3ccccc3C3CNCCC32)cc1. The van der Waals surface area contributed by atoms with E-state index in [1.807, 2.05) is 12.1 Å². The van der Waals surface area contributed by atoms with E-state index in [-0.39, 0.29) is 5.82 Å². The molecule has 2 heterocycles. The van der Waals surface area contributed by atoms with Gasteiger partial charge in [-0.15, -0.1) is 0 Å². The van der Waals surface area contributed by atoms with Crippen LogP contribution >= 0.6 is 0 Å². The highest BCUT2D eigenvalue weighted by molar-refractivity contribution is 5.72. The lowest BCUT2D eigenvalue weighted by molar-refractivity contribution is 0.419. The van der Waals surface area contributed by atoms with Gasteiger partial charge < -0.3 is 10.2 Å². The molecule has 2 unspecified atom stereocenters. The molecular weight excluding hydrogens is 251 g/mol. The Kier molecular flexibility index (Phi) is 2.74. The molecule has 0 spiro atoms. The summed E-state index contributed by atoms with van der Waals surface area (Å²) in [5.74, 6) is 0.355. The van der Waals surface area contributed by atoms with E-state index < -0.39 is 0 Å². The average Bonchev–Trinajstić information content (AvgIpc) is 2.83. The van der Waals surface area contributed by atoms with Crippen LogP contribution < -0.4 is 10.2 Å². The minimum absolute atomic E-state index is 0.178. The summed E-state index contributed by atoms with van der Waals surface area (Å²) in [5.41, 5.74) is 3.78. The second-order valence-electron chi connectivity index (χ2n) is 5.57. The van der Waals surface area contributed by atoms with E-state index >= 15 is 0 Å². The number of benzene rings is 2. The third-order valence-electron chi connectivity index (χ3n) is 4.48. The van der Waals surface area contributed by atoms with Crippen molar-refractivity contribution >= 4 is 11.4 Å². The third kappa shape index (κ3) is 1.74. The van der Waals surface area contributed by atoms with Crippen molar-refractivity contribution in [1.29, 1.82) is 0 Å². The smallest absolute Gasteiger partial charge is 0.123 e. The molecule has 1 fully saturated rings. The van der Waals surface area contributed by atoms with E-state index in [4.69, 9.17) is 0 Å². The molecule has 2 atom stereocenters. The Hall–Kier alpha value is -1.87. The molecule has 1 N–H and O–H groups in total. The van der Waals surface area contributed by atoms with Crippen molar-refractivity contribution in [2.24, 2.45) is 0 Å². The normalized spacial score (nSPS) is 24.4. The highest BCUT2D eigenvalue weighted by Crippen LogP contribution is 2.46. The first-order valence-electron chi connectivity index (χ1n) is 7.19. The molecular formula is C17H17FN2. The van der Waals surface area contributed by atoms with Crippen molar-refractivity contribution in [2.45, 2.75) is 18.4 Å². The van der Waals surface area contributed by atoms with Gasteiger partial charge in [0, 0.05) is 29.9 Å². The van der Waals surface area contributed by atoms with Crippen molar-refractivity contribution in [3.63, 3.8) is 0 Å². The molecule has 1 saturated heterocycles. The van der Waals surface area contributed by atoms with Crippen LogP contribution in [0.4, 0.5) is 15.8 Å². The predicted molar refractivity (Wildman–Crippen MR) is 79.0 cm³/mol. The highest BCUT2D eigenvalue weighted by atomic mass is 19.1. The molecule has 0 aromatic heterocycles. The maximum absolute atomic E-state index is 13.2. The Bertz CT molecular complexity index is 623. The monoisotopic (exact) mass is 268 g/mol. The molecule has 20 heavy (non-hydrogen) atoms. The fourth-order valence-corrected chi connectivity index (χ4v) is 3.60. The van der Waals surface area contributed by atoms with Crippen LogP contribution in [-0.4, -0.2) is 19.1 Å². The summed E-state index contributed by atoms with van der Waals surface area (Å²) in [7, 11) is 0. The molecule has 102 valence electrons. The molecule has 0 amide bonds. The van der Waals surface area contributed by atoms with Gasteiger partial charge in [0.15, 0.2) is 0 Å². The van der Waals surface area contributed by atoms with Crippen molar-refractivity contribution in [1.82, 2.24) is 5.32 Å². The number of fused-ring (bicyclic) bond motifs is 3. The maximum atomic E-state index is 13.2. The summed E-state index contributed by atoms with van der Waals surface area (Å²) in [6.45, 7) is 2.08. The summed E-state index contributed by atoms with van der Waals surface area (Å²) in [5, 5.41) is 3.49. The van der Waals surface area contributed by atoms with Gasteiger partial charge in [-0.05, 0) is 48.9 Å². The lowest BCUT2D eigenvalue weighted by atomic mass is 9.90. The first-order chi connectivity index (χ1) is 9.84. The standard InChI is InChI=1S/C17H17FN2/c18-12-5-7-13(8-6-12)20-16-4-2-1-3-14(16)15-11-19-10-9-17(15)20/h1-8,15,17,19H,9-11H2. The molecule has 4 rings (SSSR count). The number of hydrogen-bond donors (Lipinski definition) is 1. The van der Waals surface area contributed by atoms with E-state index in [0.717, 1.165) is 25.2 Å². The number of rotatable bonds is 1. The van der Waals surface area contributed by atoms with Crippen LogP contribution in [0.15, 0.2) is 48.5 Å². The maximum Gasteiger partial charge on any atom is 0.123 e. The summed E-state index contributed by atoms with van der Waals surface area (Å²) in [4.78, 5) is 2.39. The van der Waals surface area contributed by atoms with Crippen LogP contribution in [0.25, 0.3) is 0 Å². The van der Waals surface area contributed by atoms with Gasteiger partial charge in [0.05, 0.1) is 0 Å². The Morgan fingerprint density at radius 2 is 1.85 bits per heavy atom. The van der Waals surface area contributed by atoms with E-state index in [1.54, 1.807) is 12.1 Å². The second-order valence-corrected chi connectivity index (χ2v) is 5.57. The van der Waals surface area contributed by atoms with Gasteiger partial charge in [0.2, 0.25) is 0 Å². The van der Waals surface area contributed by atoms with E-state index in [2.05, 4.69) is 34.5 Å². The number of para-hydroxylation sites is 1. The predicted octanol–water partition coefficient (Wildman–Crippen LogP) is 3.42. The number of halogens is 1. The number of hydrogen-bond acceptors (Lipinski definition) is 2. The van der Waals surface area contributed by atoms with Crippen molar-refractivity contribution in [3.8, 4) is 0 Å². The van der Waals surface area contributed by atoms with Crippen LogP contribution in [0.2, 0.25) is 0 Å². The topological polar surface area (TPSA) is 15.3 Å². The van der Waals surface area contributed by atoms with E-state index in [9.17, 15) is 4.39 Å². The zero-order chi connectivity index (χ0) is 13.5. The molecule has 2 aliphatic heterocycles. The summed E-state index contributed by atoms with van der Waals surface area (Å²) in [6.07, 6.45) is 1.12. The second kappa shape index (κ2) is 4.60. The van der Waals surface area contributed by atoms with Crippen LogP contribution in [0.1, 0.15) is 17.9 Å². The highest BCUT2D eigenvalue weighted by Gasteiger charge is 2.40. The molecule has 2 aromatic rings. The van der Waals surface area contributed by atoms with Crippen LogP contribution in [0.3, 0.4) is 0 Å². The largest absolute Gasteiger partial charge is 0.337 e.